The minimum atomic E-state index is -0.616. The quantitative estimate of drug-likeness (QED) is 0.490. The number of aromatic nitrogens is 2. The van der Waals surface area contributed by atoms with Gasteiger partial charge in [0.05, 0.1) is 32.1 Å². The van der Waals surface area contributed by atoms with Crippen molar-refractivity contribution in [1.29, 1.82) is 0 Å². The van der Waals surface area contributed by atoms with Gasteiger partial charge in [-0.25, -0.2) is 9.59 Å². The van der Waals surface area contributed by atoms with Crippen LogP contribution in [0.4, 0.5) is 5.00 Å². The van der Waals surface area contributed by atoms with Crippen LogP contribution in [0.5, 0.6) is 5.75 Å². The first-order chi connectivity index (χ1) is 15.4. The van der Waals surface area contributed by atoms with Gasteiger partial charge in [0.2, 0.25) is 0 Å². The van der Waals surface area contributed by atoms with E-state index in [-0.39, 0.29) is 27.7 Å². The number of nitrogens with zero attached hydrogens (tertiary/aromatic N) is 1. The monoisotopic (exact) mass is 457 g/mol. The third kappa shape index (κ3) is 4.80. The molecular weight excluding hydrogens is 434 g/mol. The van der Waals surface area contributed by atoms with Crippen LogP contribution in [0.25, 0.3) is 11.3 Å². The van der Waals surface area contributed by atoms with Crippen LogP contribution in [-0.4, -0.2) is 48.9 Å². The Kier molecular flexibility index (Phi) is 7.26. The number of hydrogen-bond donors (Lipinski definition) is 2. The van der Waals surface area contributed by atoms with Crippen molar-refractivity contribution in [2.45, 2.75) is 20.3 Å². The van der Waals surface area contributed by atoms with Gasteiger partial charge in [0, 0.05) is 5.56 Å². The number of carbonyl (C=O) groups excluding carboxylic acids is 3. The minimum Gasteiger partial charge on any atom is -0.497 e. The molecule has 2 heterocycles. The summed E-state index contributed by atoms with van der Waals surface area (Å²) < 4.78 is 15.2. The van der Waals surface area contributed by atoms with Crippen molar-refractivity contribution in [3.05, 3.63) is 52.0 Å². The first-order valence-corrected chi connectivity index (χ1v) is 10.6. The SMILES string of the molecule is CCCOC(=O)c1c(NC(=O)c2cc(-c3ccc(OC)cc3)n[nH]2)sc(C(=O)OC)c1C. The average Bonchev–Trinajstić information content (AvgIpc) is 3.42. The highest BCUT2D eigenvalue weighted by Crippen LogP contribution is 2.34. The number of thiophene rings is 1. The van der Waals surface area contributed by atoms with Gasteiger partial charge in [-0.2, -0.15) is 5.10 Å². The number of benzene rings is 1. The molecule has 2 aromatic heterocycles. The molecule has 0 atom stereocenters. The molecule has 0 bridgehead atoms. The molecular formula is C22H23N3O6S. The van der Waals surface area contributed by atoms with Gasteiger partial charge in [0.15, 0.2) is 0 Å². The van der Waals surface area contributed by atoms with Crippen LogP contribution < -0.4 is 10.1 Å². The second-order valence-electron chi connectivity index (χ2n) is 6.74. The summed E-state index contributed by atoms with van der Waals surface area (Å²) in [5, 5.41) is 9.76. The third-order valence-corrected chi connectivity index (χ3v) is 5.78. The Bertz CT molecular complexity index is 1130. The summed E-state index contributed by atoms with van der Waals surface area (Å²) in [6.07, 6.45) is 0.642. The Morgan fingerprint density at radius 1 is 1.12 bits per heavy atom. The molecule has 0 aliphatic heterocycles. The topological polar surface area (TPSA) is 120 Å². The predicted molar refractivity (Wildman–Crippen MR) is 119 cm³/mol. The zero-order valence-electron chi connectivity index (χ0n) is 18.1. The van der Waals surface area contributed by atoms with Gasteiger partial charge >= 0.3 is 11.9 Å². The summed E-state index contributed by atoms with van der Waals surface area (Å²) >= 11 is 0.955. The smallest absolute Gasteiger partial charge is 0.348 e. The van der Waals surface area contributed by atoms with Crippen molar-refractivity contribution >= 4 is 34.2 Å². The van der Waals surface area contributed by atoms with Gasteiger partial charge in [0.25, 0.3) is 5.91 Å². The van der Waals surface area contributed by atoms with Crippen LogP contribution in [0.1, 0.15) is 49.4 Å². The van der Waals surface area contributed by atoms with Gasteiger partial charge in [-0.3, -0.25) is 9.89 Å². The highest BCUT2D eigenvalue weighted by molar-refractivity contribution is 7.18. The Balaban J connectivity index is 1.87. The fourth-order valence-corrected chi connectivity index (χ4v) is 4.03. The summed E-state index contributed by atoms with van der Waals surface area (Å²) in [5.41, 5.74) is 2.08. The van der Waals surface area contributed by atoms with E-state index in [0.717, 1.165) is 16.9 Å². The van der Waals surface area contributed by atoms with Crippen molar-refractivity contribution in [3.63, 3.8) is 0 Å². The summed E-state index contributed by atoms with van der Waals surface area (Å²) in [6.45, 7) is 3.70. The van der Waals surface area contributed by atoms with Crippen molar-refractivity contribution in [2.75, 3.05) is 26.1 Å². The van der Waals surface area contributed by atoms with Crippen LogP contribution in [0.3, 0.4) is 0 Å². The van der Waals surface area contributed by atoms with Gasteiger partial charge in [-0.05, 0) is 49.2 Å². The van der Waals surface area contributed by atoms with Crippen LogP contribution in [0, 0.1) is 6.92 Å². The van der Waals surface area contributed by atoms with E-state index in [2.05, 4.69) is 15.5 Å². The second kappa shape index (κ2) is 10.1. The maximum Gasteiger partial charge on any atom is 0.348 e. The van der Waals surface area contributed by atoms with E-state index in [1.807, 2.05) is 19.1 Å². The van der Waals surface area contributed by atoms with Crippen LogP contribution in [-0.2, 0) is 9.47 Å². The zero-order chi connectivity index (χ0) is 23.3. The third-order valence-electron chi connectivity index (χ3n) is 4.59. The lowest BCUT2D eigenvalue weighted by molar-refractivity contribution is 0.0506. The van der Waals surface area contributed by atoms with Gasteiger partial charge < -0.3 is 19.5 Å². The molecule has 0 saturated carbocycles. The number of aromatic amines is 1. The van der Waals surface area contributed by atoms with Crippen LogP contribution in [0.15, 0.2) is 30.3 Å². The highest BCUT2D eigenvalue weighted by atomic mass is 32.1. The Morgan fingerprint density at radius 2 is 1.84 bits per heavy atom. The number of ether oxygens (including phenoxy) is 3. The van der Waals surface area contributed by atoms with E-state index < -0.39 is 17.8 Å². The molecule has 32 heavy (non-hydrogen) atoms. The number of hydrogen-bond acceptors (Lipinski definition) is 8. The van der Waals surface area contributed by atoms with Gasteiger partial charge in [0.1, 0.15) is 21.3 Å². The Hall–Kier alpha value is -3.66. The lowest BCUT2D eigenvalue weighted by atomic mass is 10.1. The lowest BCUT2D eigenvalue weighted by Crippen LogP contribution is -2.15. The molecule has 2 N–H and O–H groups in total. The summed E-state index contributed by atoms with van der Waals surface area (Å²) in [6, 6.07) is 8.82. The zero-order valence-corrected chi connectivity index (χ0v) is 18.9. The molecule has 0 radical (unpaired) electrons. The van der Waals surface area contributed by atoms with Gasteiger partial charge in [-0.1, -0.05) is 6.92 Å². The number of carbonyl (C=O) groups is 3. The van der Waals surface area contributed by atoms with E-state index >= 15 is 0 Å². The first kappa shape index (κ1) is 23.0. The maximum atomic E-state index is 12.8. The molecule has 0 aliphatic carbocycles. The van der Waals surface area contributed by atoms with Crippen molar-refractivity contribution in [2.24, 2.45) is 0 Å². The number of esters is 2. The first-order valence-electron chi connectivity index (χ1n) is 9.79. The van der Waals surface area contributed by atoms with E-state index in [1.165, 1.54) is 7.11 Å². The molecule has 0 spiro atoms. The van der Waals surface area contributed by atoms with E-state index in [9.17, 15) is 14.4 Å². The van der Waals surface area contributed by atoms with Crippen LogP contribution in [0.2, 0.25) is 0 Å². The standard InChI is InChI=1S/C22H23N3O6S/c1-5-10-31-21(27)17-12(2)18(22(28)30-4)32-20(17)23-19(26)16-11-15(24-25-16)13-6-8-14(29-3)9-7-13/h6-9,11H,5,10H2,1-4H3,(H,23,26)(H,24,25). The summed E-state index contributed by atoms with van der Waals surface area (Å²) in [4.78, 5) is 37.7. The van der Waals surface area contributed by atoms with E-state index in [1.54, 1.807) is 32.2 Å². The molecule has 168 valence electrons. The summed E-state index contributed by atoms with van der Waals surface area (Å²) in [5.74, 6) is -1.02. The van der Waals surface area contributed by atoms with Crippen molar-refractivity contribution in [3.8, 4) is 17.0 Å². The Morgan fingerprint density at radius 3 is 2.47 bits per heavy atom. The van der Waals surface area contributed by atoms with E-state index in [4.69, 9.17) is 14.2 Å². The number of H-pyrrole nitrogens is 1. The predicted octanol–water partition coefficient (Wildman–Crippen LogP) is 4.06. The molecule has 1 amide bonds. The Labute approximate surface area is 188 Å². The molecule has 9 nitrogen and oxygen atoms in total. The lowest BCUT2D eigenvalue weighted by Gasteiger charge is -2.07. The molecule has 0 saturated heterocycles. The highest BCUT2D eigenvalue weighted by Gasteiger charge is 2.27. The molecule has 0 unspecified atom stereocenters. The van der Waals surface area contributed by atoms with Crippen molar-refractivity contribution in [1.82, 2.24) is 10.2 Å². The maximum absolute atomic E-state index is 12.8. The second-order valence-corrected chi connectivity index (χ2v) is 7.76. The average molecular weight is 458 g/mol. The normalized spacial score (nSPS) is 10.5. The molecule has 1 aromatic carbocycles. The van der Waals surface area contributed by atoms with Crippen molar-refractivity contribution < 1.29 is 28.6 Å². The molecule has 0 aliphatic rings. The number of amides is 1. The molecule has 0 fully saturated rings. The minimum absolute atomic E-state index is 0.132. The number of nitrogens with one attached hydrogen (secondary N) is 2. The fraction of sp³-hybridized carbons (Fsp3) is 0.273. The fourth-order valence-electron chi connectivity index (χ4n) is 2.92. The molecule has 3 aromatic rings. The summed E-state index contributed by atoms with van der Waals surface area (Å²) in [7, 11) is 2.83. The number of anilines is 1. The molecule has 3 rings (SSSR count). The largest absolute Gasteiger partial charge is 0.497 e. The van der Waals surface area contributed by atoms with Gasteiger partial charge in [-0.15, -0.1) is 11.3 Å². The van der Waals surface area contributed by atoms with E-state index in [0.29, 0.717) is 23.4 Å². The number of methoxy groups -OCH3 is 2. The molecule has 10 heteroatoms. The number of rotatable bonds is 8. The van der Waals surface area contributed by atoms with Crippen LogP contribution >= 0.6 is 11.3 Å².